The summed E-state index contributed by atoms with van der Waals surface area (Å²) in [6.07, 6.45) is 3.51. The molecule has 0 heterocycles. The standard InChI is InChI=1S/C19H20FNO2/c20-17-10-8-16(9-11-17)19(12-4-5-13-19)18(22)21-23-14-15-6-2-1-3-7-15/h1-3,6-11H,4-5,12-14H2,(H,21,22). The average molecular weight is 313 g/mol. The Bertz CT molecular complexity index is 649. The second-order valence-electron chi connectivity index (χ2n) is 6.00. The molecule has 1 aliphatic carbocycles. The van der Waals surface area contributed by atoms with E-state index in [0.29, 0.717) is 6.61 Å². The topological polar surface area (TPSA) is 38.3 Å². The van der Waals surface area contributed by atoms with Gasteiger partial charge in [0.05, 0.1) is 12.0 Å². The molecule has 0 spiro atoms. The zero-order chi connectivity index (χ0) is 16.1. The van der Waals surface area contributed by atoms with Gasteiger partial charge in [-0.05, 0) is 36.1 Å². The van der Waals surface area contributed by atoms with Crippen LogP contribution in [0.15, 0.2) is 54.6 Å². The predicted octanol–water partition coefficient (Wildman–Crippen LogP) is 3.89. The van der Waals surface area contributed by atoms with Crippen LogP contribution < -0.4 is 5.48 Å². The molecule has 3 rings (SSSR count). The summed E-state index contributed by atoms with van der Waals surface area (Å²) in [6, 6.07) is 15.9. The van der Waals surface area contributed by atoms with E-state index in [2.05, 4.69) is 5.48 Å². The van der Waals surface area contributed by atoms with Crippen molar-refractivity contribution in [3.8, 4) is 0 Å². The molecule has 4 heteroatoms. The fourth-order valence-corrected chi connectivity index (χ4v) is 3.25. The third-order valence-electron chi connectivity index (χ3n) is 4.54. The monoisotopic (exact) mass is 313 g/mol. The molecule has 23 heavy (non-hydrogen) atoms. The van der Waals surface area contributed by atoms with Crippen LogP contribution in [0.25, 0.3) is 0 Å². The minimum atomic E-state index is -0.607. The summed E-state index contributed by atoms with van der Waals surface area (Å²) in [5, 5.41) is 0. The fourth-order valence-electron chi connectivity index (χ4n) is 3.25. The lowest BCUT2D eigenvalue weighted by atomic mass is 9.78. The van der Waals surface area contributed by atoms with Gasteiger partial charge in [0.2, 0.25) is 0 Å². The number of hydroxylamine groups is 1. The second-order valence-corrected chi connectivity index (χ2v) is 6.00. The van der Waals surface area contributed by atoms with E-state index in [0.717, 1.165) is 36.8 Å². The van der Waals surface area contributed by atoms with E-state index in [4.69, 9.17) is 4.84 Å². The lowest BCUT2D eigenvalue weighted by Gasteiger charge is -2.28. The third kappa shape index (κ3) is 3.42. The number of hydrogen-bond acceptors (Lipinski definition) is 2. The maximum atomic E-state index is 13.2. The summed E-state index contributed by atoms with van der Waals surface area (Å²) < 4.78 is 13.2. The first kappa shape index (κ1) is 15.7. The molecule has 1 N–H and O–H groups in total. The lowest BCUT2D eigenvalue weighted by Crippen LogP contribution is -2.42. The van der Waals surface area contributed by atoms with Gasteiger partial charge in [0.1, 0.15) is 5.82 Å². The van der Waals surface area contributed by atoms with Crippen molar-refractivity contribution in [3.05, 3.63) is 71.5 Å². The van der Waals surface area contributed by atoms with Gasteiger partial charge in [-0.1, -0.05) is 55.3 Å². The van der Waals surface area contributed by atoms with E-state index in [-0.39, 0.29) is 11.7 Å². The molecule has 1 fully saturated rings. The van der Waals surface area contributed by atoms with Crippen LogP contribution in [0.4, 0.5) is 4.39 Å². The molecule has 2 aromatic rings. The van der Waals surface area contributed by atoms with Crippen LogP contribution in [0.1, 0.15) is 36.8 Å². The van der Waals surface area contributed by atoms with Crippen LogP contribution in [-0.2, 0) is 21.7 Å². The molecule has 0 saturated heterocycles. The first-order valence-electron chi connectivity index (χ1n) is 7.93. The van der Waals surface area contributed by atoms with Crippen LogP contribution in [0.3, 0.4) is 0 Å². The van der Waals surface area contributed by atoms with Crippen molar-refractivity contribution in [2.75, 3.05) is 0 Å². The SMILES string of the molecule is O=C(NOCc1ccccc1)C1(c2ccc(F)cc2)CCCC1. The summed E-state index contributed by atoms with van der Waals surface area (Å²) in [6.45, 7) is 0.325. The Morgan fingerprint density at radius 3 is 2.35 bits per heavy atom. The summed E-state index contributed by atoms with van der Waals surface area (Å²) >= 11 is 0. The highest BCUT2D eigenvalue weighted by Crippen LogP contribution is 2.41. The molecule has 0 radical (unpaired) electrons. The van der Waals surface area contributed by atoms with E-state index < -0.39 is 5.41 Å². The zero-order valence-corrected chi connectivity index (χ0v) is 12.9. The van der Waals surface area contributed by atoms with Crippen LogP contribution in [0, 0.1) is 5.82 Å². The molecule has 0 aromatic heterocycles. The van der Waals surface area contributed by atoms with E-state index in [9.17, 15) is 9.18 Å². The predicted molar refractivity (Wildman–Crippen MR) is 85.9 cm³/mol. The average Bonchev–Trinajstić information content (AvgIpc) is 3.07. The number of amides is 1. The molecule has 0 bridgehead atoms. The first-order chi connectivity index (χ1) is 11.2. The maximum Gasteiger partial charge on any atom is 0.254 e. The smallest absolute Gasteiger partial charge is 0.254 e. The highest BCUT2D eigenvalue weighted by atomic mass is 19.1. The summed E-state index contributed by atoms with van der Waals surface area (Å²) in [5.41, 5.74) is 3.84. The van der Waals surface area contributed by atoms with Crippen LogP contribution >= 0.6 is 0 Å². The van der Waals surface area contributed by atoms with Gasteiger partial charge in [-0.3, -0.25) is 9.63 Å². The van der Waals surface area contributed by atoms with Gasteiger partial charge in [-0.2, -0.15) is 0 Å². The molecular weight excluding hydrogens is 293 g/mol. The number of hydrogen-bond donors (Lipinski definition) is 1. The minimum Gasteiger partial charge on any atom is -0.272 e. The van der Waals surface area contributed by atoms with Crippen LogP contribution in [0.2, 0.25) is 0 Å². The van der Waals surface area contributed by atoms with Gasteiger partial charge in [0, 0.05) is 0 Å². The van der Waals surface area contributed by atoms with Gasteiger partial charge in [-0.15, -0.1) is 0 Å². The van der Waals surface area contributed by atoms with Crippen molar-refractivity contribution in [1.29, 1.82) is 0 Å². The van der Waals surface area contributed by atoms with Gasteiger partial charge < -0.3 is 0 Å². The number of rotatable bonds is 5. The summed E-state index contributed by atoms with van der Waals surface area (Å²) in [5.74, 6) is -0.430. The zero-order valence-electron chi connectivity index (χ0n) is 12.9. The first-order valence-corrected chi connectivity index (χ1v) is 7.93. The molecule has 0 aliphatic heterocycles. The van der Waals surface area contributed by atoms with E-state index >= 15 is 0 Å². The Morgan fingerprint density at radius 1 is 1.04 bits per heavy atom. The Hall–Kier alpha value is -2.20. The van der Waals surface area contributed by atoms with Gasteiger partial charge in [-0.25, -0.2) is 9.87 Å². The van der Waals surface area contributed by atoms with Crippen molar-refractivity contribution >= 4 is 5.91 Å². The normalized spacial score (nSPS) is 16.2. The van der Waals surface area contributed by atoms with Crippen molar-refractivity contribution < 1.29 is 14.0 Å². The quantitative estimate of drug-likeness (QED) is 0.851. The van der Waals surface area contributed by atoms with Gasteiger partial charge in [0.25, 0.3) is 5.91 Å². The number of benzene rings is 2. The fraction of sp³-hybridized carbons (Fsp3) is 0.316. The Balaban J connectivity index is 1.68. The van der Waals surface area contributed by atoms with Crippen LogP contribution in [0.5, 0.6) is 0 Å². The summed E-state index contributed by atoms with van der Waals surface area (Å²) in [7, 11) is 0. The molecule has 3 nitrogen and oxygen atoms in total. The molecule has 1 amide bonds. The Labute approximate surface area is 135 Å². The number of halogens is 1. The number of nitrogens with one attached hydrogen (secondary N) is 1. The van der Waals surface area contributed by atoms with Crippen molar-refractivity contribution in [2.45, 2.75) is 37.7 Å². The van der Waals surface area contributed by atoms with Crippen molar-refractivity contribution in [3.63, 3.8) is 0 Å². The van der Waals surface area contributed by atoms with E-state index in [1.165, 1.54) is 12.1 Å². The van der Waals surface area contributed by atoms with E-state index in [1.807, 2.05) is 30.3 Å². The molecule has 120 valence electrons. The maximum absolute atomic E-state index is 13.2. The second kappa shape index (κ2) is 6.92. The molecule has 0 atom stereocenters. The summed E-state index contributed by atoms with van der Waals surface area (Å²) in [4.78, 5) is 18.1. The highest BCUT2D eigenvalue weighted by Gasteiger charge is 2.42. The Morgan fingerprint density at radius 2 is 1.70 bits per heavy atom. The van der Waals surface area contributed by atoms with Crippen LogP contribution in [-0.4, -0.2) is 5.91 Å². The van der Waals surface area contributed by atoms with Gasteiger partial charge in [0.15, 0.2) is 0 Å². The molecule has 1 saturated carbocycles. The number of carbonyl (C=O) groups excluding carboxylic acids is 1. The number of carbonyl (C=O) groups is 1. The van der Waals surface area contributed by atoms with E-state index in [1.54, 1.807) is 12.1 Å². The minimum absolute atomic E-state index is 0.141. The van der Waals surface area contributed by atoms with Gasteiger partial charge >= 0.3 is 0 Å². The highest BCUT2D eigenvalue weighted by molar-refractivity contribution is 5.87. The third-order valence-corrected chi connectivity index (χ3v) is 4.54. The van der Waals surface area contributed by atoms with Crippen molar-refractivity contribution in [1.82, 2.24) is 5.48 Å². The molecular formula is C19H20FNO2. The lowest BCUT2D eigenvalue weighted by molar-refractivity contribution is -0.140. The molecule has 1 aliphatic rings. The Kier molecular flexibility index (Phi) is 4.72. The molecule has 2 aromatic carbocycles. The van der Waals surface area contributed by atoms with Crippen molar-refractivity contribution in [2.24, 2.45) is 0 Å². The molecule has 0 unspecified atom stereocenters. The largest absolute Gasteiger partial charge is 0.272 e.